The van der Waals surface area contributed by atoms with E-state index >= 15 is 0 Å². The highest BCUT2D eigenvalue weighted by molar-refractivity contribution is 5.95. The van der Waals surface area contributed by atoms with E-state index in [2.05, 4.69) is 32.4 Å². The van der Waals surface area contributed by atoms with Gasteiger partial charge in [-0.2, -0.15) is 4.98 Å². The van der Waals surface area contributed by atoms with Crippen molar-refractivity contribution in [3.8, 4) is 11.8 Å². The Morgan fingerprint density at radius 2 is 1.76 bits per heavy atom. The molecule has 0 unspecified atom stereocenters. The van der Waals surface area contributed by atoms with Crippen LogP contribution in [0, 0.1) is 30.4 Å². The molecule has 0 atom stereocenters. The fraction of sp³-hybridized carbons (Fsp3) is 0.167. The van der Waals surface area contributed by atoms with Gasteiger partial charge in [0.2, 0.25) is 5.95 Å². The third-order valence-corrected chi connectivity index (χ3v) is 6.74. The number of nitrogens with one attached hydrogen (secondary N) is 2. The molecule has 42 heavy (non-hydrogen) atoms. The van der Waals surface area contributed by atoms with E-state index in [1.807, 2.05) is 30.3 Å². The molecule has 3 heterocycles. The summed E-state index contributed by atoms with van der Waals surface area (Å²) in [6.07, 6.45) is 1.59. The van der Waals surface area contributed by atoms with Crippen LogP contribution >= 0.6 is 0 Å². The molecule has 5 rings (SSSR count). The third kappa shape index (κ3) is 5.53. The summed E-state index contributed by atoms with van der Waals surface area (Å²) in [7, 11) is 3.17. The Kier molecular flexibility index (Phi) is 7.66. The Morgan fingerprint density at radius 3 is 2.50 bits per heavy atom. The SMILES string of the molecule is Cc1c(C(=O)NCC#Cc2cc3cnc(Nc4ccccc4)nc3n(C)c2=O)c(=O)n(Cc2ccc(F)c(F)c2)n1C. The fourth-order valence-corrected chi connectivity index (χ4v) is 4.41. The van der Waals surface area contributed by atoms with Gasteiger partial charge in [0.1, 0.15) is 11.2 Å². The zero-order valence-corrected chi connectivity index (χ0v) is 22.9. The number of carbonyl (C=O) groups excluding carboxylic acids is 1. The normalized spacial score (nSPS) is 10.8. The number of hydrogen-bond acceptors (Lipinski definition) is 6. The molecule has 0 spiro atoms. The summed E-state index contributed by atoms with van der Waals surface area (Å²) >= 11 is 0. The van der Waals surface area contributed by atoms with Crippen LogP contribution in [0.25, 0.3) is 11.0 Å². The first-order valence-electron chi connectivity index (χ1n) is 12.8. The Labute approximate surface area is 238 Å². The van der Waals surface area contributed by atoms with Gasteiger partial charge in [0.05, 0.1) is 18.7 Å². The minimum atomic E-state index is -1.03. The van der Waals surface area contributed by atoms with Crippen molar-refractivity contribution in [2.45, 2.75) is 13.5 Å². The zero-order valence-electron chi connectivity index (χ0n) is 22.9. The lowest BCUT2D eigenvalue weighted by Crippen LogP contribution is -2.31. The van der Waals surface area contributed by atoms with Crippen LogP contribution in [0.5, 0.6) is 0 Å². The lowest BCUT2D eigenvalue weighted by Gasteiger charge is -2.08. The first-order valence-corrected chi connectivity index (χ1v) is 12.8. The minimum absolute atomic E-state index is 0.0563. The van der Waals surface area contributed by atoms with Crippen molar-refractivity contribution >= 4 is 28.6 Å². The molecule has 0 aliphatic heterocycles. The predicted octanol–water partition coefficient (Wildman–Crippen LogP) is 2.99. The van der Waals surface area contributed by atoms with Gasteiger partial charge in [0, 0.05) is 37.1 Å². The third-order valence-electron chi connectivity index (χ3n) is 6.74. The second kappa shape index (κ2) is 11.5. The van der Waals surface area contributed by atoms with E-state index < -0.39 is 23.1 Å². The van der Waals surface area contributed by atoms with Crippen LogP contribution in [0.1, 0.15) is 27.2 Å². The van der Waals surface area contributed by atoms with E-state index in [1.165, 1.54) is 20.0 Å². The number of hydrogen-bond donors (Lipinski definition) is 2. The maximum atomic E-state index is 13.6. The first kappa shape index (κ1) is 28.0. The maximum Gasteiger partial charge on any atom is 0.280 e. The van der Waals surface area contributed by atoms with Crippen LogP contribution in [0.4, 0.5) is 20.4 Å². The van der Waals surface area contributed by atoms with E-state index in [0.717, 1.165) is 17.8 Å². The van der Waals surface area contributed by atoms with Crippen molar-refractivity contribution in [2.75, 3.05) is 11.9 Å². The number of carbonyl (C=O) groups is 1. The summed E-state index contributed by atoms with van der Waals surface area (Å²) < 4.78 is 31.0. The molecule has 0 aliphatic carbocycles. The Balaban J connectivity index is 1.31. The number of aryl methyl sites for hydroxylation is 1. The maximum absolute atomic E-state index is 13.6. The molecule has 0 radical (unpaired) electrons. The molecule has 12 heteroatoms. The molecule has 2 N–H and O–H groups in total. The minimum Gasteiger partial charge on any atom is -0.341 e. The zero-order chi connectivity index (χ0) is 30.0. The number of halogens is 2. The number of fused-ring (bicyclic) bond motifs is 1. The van der Waals surface area contributed by atoms with Gasteiger partial charge in [-0.3, -0.25) is 23.6 Å². The number of anilines is 2. The lowest BCUT2D eigenvalue weighted by molar-refractivity contribution is 0.0956. The second-order valence-electron chi connectivity index (χ2n) is 9.47. The van der Waals surface area contributed by atoms with Crippen LogP contribution < -0.4 is 21.8 Å². The van der Waals surface area contributed by atoms with Crippen LogP contribution in [-0.4, -0.2) is 36.4 Å². The van der Waals surface area contributed by atoms with Crippen molar-refractivity contribution < 1.29 is 13.6 Å². The summed E-state index contributed by atoms with van der Waals surface area (Å²) in [5.74, 6) is 3.19. The van der Waals surface area contributed by atoms with Crippen molar-refractivity contribution in [2.24, 2.45) is 14.1 Å². The van der Waals surface area contributed by atoms with Crippen molar-refractivity contribution in [3.05, 3.63) is 116 Å². The Morgan fingerprint density at radius 1 is 1.00 bits per heavy atom. The van der Waals surface area contributed by atoms with E-state index in [-0.39, 0.29) is 29.8 Å². The Bertz CT molecular complexity index is 2020. The predicted molar refractivity (Wildman–Crippen MR) is 154 cm³/mol. The molecular formula is C30H25F2N7O3. The van der Waals surface area contributed by atoms with Crippen LogP contribution in [-0.2, 0) is 20.6 Å². The van der Waals surface area contributed by atoms with Crippen LogP contribution in [0.2, 0.25) is 0 Å². The van der Waals surface area contributed by atoms with Gasteiger partial charge in [-0.1, -0.05) is 36.1 Å². The topological polar surface area (TPSA) is 116 Å². The molecule has 5 aromatic rings. The molecule has 0 aliphatic rings. The van der Waals surface area contributed by atoms with Gasteiger partial charge in [-0.25, -0.2) is 18.4 Å². The molecule has 0 saturated carbocycles. The van der Waals surface area contributed by atoms with Gasteiger partial charge in [0.25, 0.3) is 17.0 Å². The molecule has 212 valence electrons. The monoisotopic (exact) mass is 569 g/mol. The molecule has 10 nitrogen and oxygen atoms in total. The highest BCUT2D eigenvalue weighted by Gasteiger charge is 2.21. The van der Waals surface area contributed by atoms with Gasteiger partial charge in [0.15, 0.2) is 11.6 Å². The molecular weight excluding hydrogens is 544 g/mol. The molecule has 0 fully saturated rings. The van der Waals surface area contributed by atoms with Gasteiger partial charge < -0.3 is 10.6 Å². The summed E-state index contributed by atoms with van der Waals surface area (Å²) in [6.45, 7) is 1.41. The summed E-state index contributed by atoms with van der Waals surface area (Å²) in [5, 5.41) is 6.28. The number of amides is 1. The number of nitrogens with zero attached hydrogens (tertiary/aromatic N) is 5. The number of benzene rings is 2. The van der Waals surface area contributed by atoms with Crippen molar-refractivity contribution in [1.29, 1.82) is 0 Å². The average Bonchev–Trinajstić information content (AvgIpc) is 3.19. The molecule has 0 saturated heterocycles. The van der Waals surface area contributed by atoms with Crippen LogP contribution in [0.15, 0.2) is 70.4 Å². The summed E-state index contributed by atoms with van der Waals surface area (Å²) in [5.41, 5.74) is 1.11. The summed E-state index contributed by atoms with van der Waals surface area (Å²) in [6, 6.07) is 14.3. The second-order valence-corrected chi connectivity index (χ2v) is 9.47. The smallest absolute Gasteiger partial charge is 0.280 e. The van der Waals surface area contributed by atoms with E-state index in [0.29, 0.717) is 28.2 Å². The molecule has 3 aromatic heterocycles. The number of para-hydroxylation sites is 1. The molecule has 1 amide bonds. The molecule has 0 bridgehead atoms. The quantitative estimate of drug-likeness (QED) is 0.304. The summed E-state index contributed by atoms with van der Waals surface area (Å²) in [4.78, 5) is 47.6. The standard InChI is InChI=1S/C30H25F2N7O3/c1-18-25(29(42)39(38(18)3)17-19-11-12-23(31)24(32)14-19)27(40)33-13-7-8-20-15-21-16-34-30(35-22-9-5-4-6-10-22)36-26(21)37(2)28(20)41/h4-6,9-12,14-16H,13,17H2,1-3H3,(H,33,40)(H,34,35,36). The lowest BCUT2D eigenvalue weighted by atomic mass is 10.2. The molecule has 2 aromatic carbocycles. The average molecular weight is 570 g/mol. The highest BCUT2D eigenvalue weighted by Crippen LogP contribution is 2.16. The number of aromatic nitrogens is 5. The van der Waals surface area contributed by atoms with Gasteiger partial charge in [-0.05, 0) is 42.8 Å². The van der Waals surface area contributed by atoms with E-state index in [1.54, 1.807) is 33.3 Å². The van der Waals surface area contributed by atoms with E-state index in [9.17, 15) is 23.2 Å². The van der Waals surface area contributed by atoms with Crippen molar-refractivity contribution in [1.82, 2.24) is 29.2 Å². The van der Waals surface area contributed by atoms with Crippen LogP contribution in [0.3, 0.4) is 0 Å². The fourth-order valence-electron chi connectivity index (χ4n) is 4.41. The first-order chi connectivity index (χ1) is 20.1. The highest BCUT2D eigenvalue weighted by atomic mass is 19.2. The van der Waals surface area contributed by atoms with Gasteiger partial charge in [-0.15, -0.1) is 0 Å². The van der Waals surface area contributed by atoms with Crippen molar-refractivity contribution in [3.63, 3.8) is 0 Å². The Hall–Kier alpha value is -5.57. The number of pyridine rings is 1. The number of rotatable bonds is 6. The largest absolute Gasteiger partial charge is 0.341 e. The van der Waals surface area contributed by atoms with E-state index in [4.69, 9.17) is 0 Å². The van der Waals surface area contributed by atoms with Gasteiger partial charge >= 0.3 is 0 Å².